The molecule has 200 valence electrons. The lowest BCUT2D eigenvalue weighted by molar-refractivity contribution is -0.114. The number of aryl methyl sites for hydroxylation is 2. The van der Waals surface area contributed by atoms with Gasteiger partial charge in [0.15, 0.2) is 5.13 Å². The average Bonchev–Trinajstić information content (AvgIpc) is 3.59. The molecule has 5 rings (SSSR count). The Morgan fingerprint density at radius 2 is 1.95 bits per heavy atom. The zero-order valence-electron chi connectivity index (χ0n) is 22.3. The molecule has 0 bridgehead atoms. The lowest BCUT2D eigenvalue weighted by Crippen LogP contribution is -2.36. The Kier molecular flexibility index (Phi) is 8.21. The summed E-state index contributed by atoms with van der Waals surface area (Å²) in [5, 5.41) is 3.38. The number of pyridine rings is 1. The predicted octanol–water partition coefficient (Wildman–Crippen LogP) is 4.66. The number of nitrogens with one attached hydrogen (secondary N) is 1. The first-order valence-electron chi connectivity index (χ1n) is 13.8. The Hall–Kier alpha value is -2.36. The van der Waals surface area contributed by atoms with Crippen molar-refractivity contribution < 1.29 is 14.3 Å². The van der Waals surface area contributed by atoms with E-state index in [1.807, 2.05) is 6.92 Å². The van der Waals surface area contributed by atoms with Crippen molar-refractivity contribution in [3.8, 4) is 10.6 Å². The summed E-state index contributed by atoms with van der Waals surface area (Å²) >= 11 is 1.45. The largest absolute Gasteiger partial charge is 0.379 e. The number of hydrogen-bond acceptors (Lipinski definition) is 7. The molecule has 1 atom stereocenters. The number of nitrogens with zero attached hydrogens (tertiary/aromatic N) is 4. The van der Waals surface area contributed by atoms with Crippen molar-refractivity contribution in [2.24, 2.45) is 5.92 Å². The Balaban J connectivity index is 1.31. The molecule has 0 spiro atoms. The fourth-order valence-electron chi connectivity index (χ4n) is 5.54. The molecule has 37 heavy (non-hydrogen) atoms. The minimum atomic E-state index is -0.133. The number of ether oxygens (including phenoxy) is 1. The number of anilines is 1. The highest BCUT2D eigenvalue weighted by Crippen LogP contribution is 2.40. The molecule has 2 aromatic heterocycles. The third kappa shape index (κ3) is 6.21. The van der Waals surface area contributed by atoms with Crippen LogP contribution in [-0.2, 0) is 22.5 Å². The third-order valence-electron chi connectivity index (χ3n) is 7.84. The summed E-state index contributed by atoms with van der Waals surface area (Å²) in [6.07, 6.45) is 7.78. The van der Waals surface area contributed by atoms with Crippen LogP contribution in [-0.4, -0.2) is 70.5 Å². The lowest BCUT2D eigenvalue weighted by Gasteiger charge is -2.26. The Morgan fingerprint density at radius 3 is 2.68 bits per heavy atom. The van der Waals surface area contributed by atoms with Crippen molar-refractivity contribution in [3.63, 3.8) is 0 Å². The van der Waals surface area contributed by atoms with Crippen LogP contribution in [0.15, 0.2) is 6.07 Å². The van der Waals surface area contributed by atoms with Crippen LogP contribution in [0, 0.1) is 12.8 Å². The molecule has 1 N–H and O–H groups in total. The number of morpholine rings is 1. The number of amides is 2. The molecule has 1 saturated heterocycles. The van der Waals surface area contributed by atoms with Crippen molar-refractivity contribution in [1.29, 1.82) is 0 Å². The van der Waals surface area contributed by atoms with E-state index in [9.17, 15) is 9.59 Å². The van der Waals surface area contributed by atoms with Crippen LogP contribution < -0.4 is 5.32 Å². The monoisotopic (exact) mass is 525 g/mol. The molecule has 1 aliphatic carbocycles. The summed E-state index contributed by atoms with van der Waals surface area (Å²) in [4.78, 5) is 40.2. The second-order valence-electron chi connectivity index (χ2n) is 10.7. The maximum Gasteiger partial charge on any atom is 0.256 e. The number of fused-ring (bicyclic) bond motifs is 1. The number of aromatic nitrogens is 2. The second-order valence-corrected chi connectivity index (χ2v) is 11.7. The molecular weight excluding hydrogens is 486 g/mol. The number of unbranched alkanes of at least 4 members (excludes halogenated alkanes) is 3. The molecular formula is C28H39N5O3S. The van der Waals surface area contributed by atoms with Crippen LogP contribution in [0.1, 0.15) is 79.7 Å². The molecule has 2 fully saturated rings. The molecule has 0 unspecified atom stereocenters. The maximum atomic E-state index is 13.6. The Bertz CT molecular complexity index is 1140. The minimum absolute atomic E-state index is 0.133. The van der Waals surface area contributed by atoms with Crippen molar-refractivity contribution in [1.82, 2.24) is 19.8 Å². The van der Waals surface area contributed by atoms with Crippen molar-refractivity contribution in [2.75, 3.05) is 38.2 Å². The average molecular weight is 526 g/mol. The van der Waals surface area contributed by atoms with Gasteiger partial charge in [0.1, 0.15) is 0 Å². The smallest absolute Gasteiger partial charge is 0.256 e. The summed E-state index contributed by atoms with van der Waals surface area (Å²) < 4.78 is 5.44. The highest BCUT2D eigenvalue weighted by Gasteiger charge is 2.40. The van der Waals surface area contributed by atoms with E-state index in [1.165, 1.54) is 43.9 Å². The van der Waals surface area contributed by atoms with Crippen molar-refractivity contribution in [3.05, 3.63) is 28.6 Å². The summed E-state index contributed by atoms with van der Waals surface area (Å²) in [6.45, 7) is 11.2. The van der Waals surface area contributed by atoms with Gasteiger partial charge in [0, 0.05) is 32.6 Å². The van der Waals surface area contributed by atoms with Crippen LogP contribution >= 0.6 is 11.3 Å². The van der Waals surface area contributed by atoms with Crippen LogP contribution in [0.4, 0.5) is 5.13 Å². The van der Waals surface area contributed by atoms with Gasteiger partial charge in [0.2, 0.25) is 5.91 Å². The molecule has 2 amide bonds. The normalized spacial score (nSPS) is 18.8. The number of carbonyl (C=O) groups is 2. The second kappa shape index (κ2) is 11.6. The molecule has 3 aliphatic rings. The molecule has 9 heteroatoms. The van der Waals surface area contributed by atoms with Gasteiger partial charge in [0.25, 0.3) is 5.91 Å². The van der Waals surface area contributed by atoms with Gasteiger partial charge in [-0.25, -0.2) is 4.98 Å². The van der Waals surface area contributed by atoms with E-state index in [0.29, 0.717) is 17.6 Å². The van der Waals surface area contributed by atoms with Gasteiger partial charge in [-0.3, -0.25) is 19.5 Å². The standard InChI is InChI=1S/C28H39N5O3S/c1-18-26(37-28(29-18)30-20(3)34)24-16-22-17-33(19(2)21-9-10-21)27(35)25(22)23(31-24)8-6-4-5-7-11-32-12-14-36-15-13-32/h16,19,21H,4-15,17H2,1-3H3,(H,29,30,34)/t19-/m0/s1. The third-order valence-corrected chi connectivity index (χ3v) is 8.94. The number of carbonyl (C=O) groups excluding carboxylic acids is 2. The predicted molar refractivity (Wildman–Crippen MR) is 146 cm³/mol. The molecule has 4 heterocycles. The van der Waals surface area contributed by atoms with E-state index in [-0.39, 0.29) is 17.9 Å². The van der Waals surface area contributed by atoms with Gasteiger partial charge >= 0.3 is 0 Å². The number of hydrogen-bond donors (Lipinski definition) is 1. The number of rotatable bonds is 11. The summed E-state index contributed by atoms with van der Waals surface area (Å²) in [7, 11) is 0. The highest BCUT2D eigenvalue weighted by molar-refractivity contribution is 7.19. The maximum absolute atomic E-state index is 13.6. The van der Waals surface area contributed by atoms with E-state index in [0.717, 1.165) is 85.2 Å². The van der Waals surface area contributed by atoms with Gasteiger partial charge in [-0.2, -0.15) is 0 Å². The minimum Gasteiger partial charge on any atom is -0.379 e. The van der Waals surface area contributed by atoms with Crippen LogP contribution in [0.25, 0.3) is 10.6 Å². The van der Waals surface area contributed by atoms with Crippen LogP contribution in [0.5, 0.6) is 0 Å². The molecule has 0 radical (unpaired) electrons. The van der Waals surface area contributed by atoms with Gasteiger partial charge in [-0.15, -0.1) is 0 Å². The van der Waals surface area contributed by atoms with Crippen LogP contribution in [0.3, 0.4) is 0 Å². The first kappa shape index (κ1) is 26.3. The van der Waals surface area contributed by atoms with Gasteiger partial charge < -0.3 is 15.0 Å². The number of thiazole rings is 1. The topological polar surface area (TPSA) is 87.7 Å². The van der Waals surface area contributed by atoms with E-state index >= 15 is 0 Å². The zero-order chi connectivity index (χ0) is 25.9. The van der Waals surface area contributed by atoms with Crippen molar-refractivity contribution in [2.45, 2.75) is 78.3 Å². The lowest BCUT2D eigenvalue weighted by atomic mass is 10.0. The highest BCUT2D eigenvalue weighted by atomic mass is 32.1. The van der Waals surface area contributed by atoms with E-state index in [1.54, 1.807) is 0 Å². The van der Waals surface area contributed by atoms with Gasteiger partial charge in [0.05, 0.1) is 40.7 Å². The summed E-state index contributed by atoms with van der Waals surface area (Å²) in [5.41, 5.74) is 4.54. The van der Waals surface area contributed by atoms with Crippen molar-refractivity contribution >= 4 is 28.3 Å². The first-order valence-corrected chi connectivity index (χ1v) is 14.6. The molecule has 1 saturated carbocycles. The SMILES string of the molecule is CC(=O)Nc1nc(C)c(-c2cc3c(c(CCCCCCN4CCOCC4)n2)C(=O)N([C@@H](C)C2CC2)C3)s1. The van der Waals surface area contributed by atoms with E-state index < -0.39 is 0 Å². The fourth-order valence-corrected chi connectivity index (χ4v) is 6.52. The molecule has 2 aromatic rings. The molecule has 0 aromatic carbocycles. The van der Waals surface area contributed by atoms with Gasteiger partial charge in [-0.1, -0.05) is 24.2 Å². The Morgan fingerprint density at radius 1 is 1.19 bits per heavy atom. The molecule has 8 nitrogen and oxygen atoms in total. The van der Waals surface area contributed by atoms with E-state index in [4.69, 9.17) is 9.72 Å². The molecule has 2 aliphatic heterocycles. The van der Waals surface area contributed by atoms with Gasteiger partial charge in [-0.05, 0) is 70.0 Å². The first-order chi connectivity index (χ1) is 17.9. The zero-order valence-corrected chi connectivity index (χ0v) is 23.2. The quantitative estimate of drug-likeness (QED) is 0.429. The Labute approximate surface area is 223 Å². The fraction of sp³-hybridized carbons (Fsp3) is 0.643. The summed E-state index contributed by atoms with van der Waals surface area (Å²) in [6, 6.07) is 2.35. The van der Waals surface area contributed by atoms with Crippen LogP contribution in [0.2, 0.25) is 0 Å². The summed E-state index contributed by atoms with van der Waals surface area (Å²) in [5.74, 6) is 0.645. The van der Waals surface area contributed by atoms with E-state index in [2.05, 4.69) is 33.1 Å².